The zero-order valence-electron chi connectivity index (χ0n) is 20.8. The van der Waals surface area contributed by atoms with E-state index in [2.05, 4.69) is 10.1 Å². The number of nitrogens with zero attached hydrogens (tertiary/aromatic N) is 1. The number of hydrogen-bond acceptors (Lipinski definition) is 7. The molecule has 0 aliphatic carbocycles. The van der Waals surface area contributed by atoms with E-state index in [-0.39, 0.29) is 32.5 Å². The number of ether oxygens (including phenoxy) is 2. The molecule has 1 aliphatic heterocycles. The third-order valence-corrected chi connectivity index (χ3v) is 6.03. The SMILES string of the molecule is CCOC(=O)CC(Cc1ccc(-c2ccccc2)cc1)NC(=O)CN1CCCC1C(=O)OC(=O)C(F)(F)F. The molecule has 0 spiro atoms. The van der Waals surface area contributed by atoms with Gasteiger partial charge in [-0.1, -0.05) is 54.6 Å². The number of amides is 1. The summed E-state index contributed by atoms with van der Waals surface area (Å²) in [7, 11) is 0. The fourth-order valence-electron chi connectivity index (χ4n) is 4.30. The normalized spacial score (nSPS) is 16.5. The van der Waals surface area contributed by atoms with Gasteiger partial charge in [-0.2, -0.15) is 13.2 Å². The van der Waals surface area contributed by atoms with Gasteiger partial charge in [-0.3, -0.25) is 14.5 Å². The van der Waals surface area contributed by atoms with E-state index in [9.17, 15) is 32.3 Å². The lowest BCUT2D eigenvalue weighted by Gasteiger charge is -2.24. The molecule has 1 heterocycles. The van der Waals surface area contributed by atoms with Crippen molar-refractivity contribution in [2.75, 3.05) is 19.7 Å². The van der Waals surface area contributed by atoms with Crippen LogP contribution in [0.3, 0.4) is 0 Å². The summed E-state index contributed by atoms with van der Waals surface area (Å²) in [5.74, 6) is -4.96. The predicted octanol–water partition coefficient (Wildman–Crippen LogP) is 3.43. The molecule has 3 rings (SSSR count). The molecular weight excluding hydrogens is 505 g/mol. The van der Waals surface area contributed by atoms with Crippen molar-refractivity contribution < 1.29 is 41.8 Å². The van der Waals surface area contributed by atoms with Gasteiger partial charge in [0, 0.05) is 6.04 Å². The van der Waals surface area contributed by atoms with Crippen LogP contribution in [-0.2, 0) is 35.1 Å². The Hall–Kier alpha value is -3.73. The Kier molecular flexibility index (Phi) is 10.0. The van der Waals surface area contributed by atoms with Crippen molar-refractivity contribution in [1.82, 2.24) is 10.2 Å². The Morgan fingerprint density at radius 2 is 1.68 bits per heavy atom. The molecule has 2 aromatic rings. The van der Waals surface area contributed by atoms with Crippen LogP contribution in [-0.4, -0.2) is 66.7 Å². The number of halogens is 3. The van der Waals surface area contributed by atoms with Gasteiger partial charge in [0.05, 0.1) is 19.6 Å². The monoisotopic (exact) mass is 534 g/mol. The third-order valence-electron chi connectivity index (χ3n) is 6.03. The molecule has 11 heteroatoms. The van der Waals surface area contributed by atoms with Crippen molar-refractivity contribution >= 4 is 23.8 Å². The average Bonchev–Trinajstić information content (AvgIpc) is 3.32. The fraction of sp³-hybridized carbons (Fsp3) is 0.407. The predicted molar refractivity (Wildman–Crippen MR) is 131 cm³/mol. The van der Waals surface area contributed by atoms with E-state index in [1.807, 2.05) is 54.6 Å². The Labute approximate surface area is 218 Å². The van der Waals surface area contributed by atoms with E-state index in [1.54, 1.807) is 6.92 Å². The summed E-state index contributed by atoms with van der Waals surface area (Å²) in [6.45, 7) is 1.80. The Bertz CT molecular complexity index is 1120. The minimum atomic E-state index is -5.30. The minimum Gasteiger partial charge on any atom is -0.466 e. The number of likely N-dealkylation sites (tertiary alicyclic amines) is 1. The van der Waals surface area contributed by atoms with Crippen LogP contribution in [0.25, 0.3) is 11.1 Å². The summed E-state index contributed by atoms with van der Waals surface area (Å²) >= 11 is 0. The molecule has 1 saturated heterocycles. The molecule has 1 fully saturated rings. The molecule has 2 atom stereocenters. The van der Waals surface area contributed by atoms with Crippen LogP contribution in [0.1, 0.15) is 31.7 Å². The molecule has 38 heavy (non-hydrogen) atoms. The van der Waals surface area contributed by atoms with E-state index in [1.165, 1.54) is 4.90 Å². The molecule has 0 bridgehead atoms. The van der Waals surface area contributed by atoms with Crippen molar-refractivity contribution in [1.29, 1.82) is 0 Å². The minimum absolute atomic E-state index is 0.0917. The molecule has 1 amide bonds. The maximum atomic E-state index is 12.8. The van der Waals surface area contributed by atoms with Gasteiger partial charge in [0.25, 0.3) is 0 Å². The van der Waals surface area contributed by atoms with Gasteiger partial charge in [-0.15, -0.1) is 0 Å². The molecule has 204 valence electrons. The Morgan fingerprint density at radius 1 is 1.03 bits per heavy atom. The number of rotatable bonds is 10. The summed E-state index contributed by atoms with van der Waals surface area (Å²) in [5.41, 5.74) is 2.93. The topological polar surface area (TPSA) is 102 Å². The van der Waals surface area contributed by atoms with Gasteiger partial charge in [0.2, 0.25) is 5.91 Å². The fourth-order valence-corrected chi connectivity index (χ4v) is 4.30. The zero-order valence-corrected chi connectivity index (χ0v) is 20.8. The van der Waals surface area contributed by atoms with E-state index in [0.29, 0.717) is 12.8 Å². The molecular formula is C27H29F3N2O6. The van der Waals surface area contributed by atoms with Gasteiger partial charge in [-0.05, 0) is 49.4 Å². The summed E-state index contributed by atoms with van der Waals surface area (Å²) in [6.07, 6.45) is -4.47. The maximum absolute atomic E-state index is 12.8. The van der Waals surface area contributed by atoms with Gasteiger partial charge in [0.15, 0.2) is 0 Å². The number of benzene rings is 2. The largest absolute Gasteiger partial charge is 0.491 e. The Morgan fingerprint density at radius 3 is 2.32 bits per heavy atom. The van der Waals surface area contributed by atoms with E-state index < -0.39 is 42.1 Å². The number of esters is 3. The standard InChI is InChI=1S/C27H29F3N2O6/c1-2-37-24(34)16-21(15-18-10-12-20(13-11-18)19-7-4-3-5-8-19)31-23(33)17-32-14-6-9-22(32)25(35)38-26(36)27(28,29)30/h3-5,7-8,10-13,21-22H,2,6,9,14-17H2,1H3,(H,31,33). The van der Waals surface area contributed by atoms with Crippen LogP contribution in [0, 0.1) is 0 Å². The van der Waals surface area contributed by atoms with Crippen LogP contribution in [0.2, 0.25) is 0 Å². The molecule has 2 aromatic carbocycles. The van der Waals surface area contributed by atoms with Crippen molar-refractivity contribution in [2.24, 2.45) is 0 Å². The molecule has 8 nitrogen and oxygen atoms in total. The van der Waals surface area contributed by atoms with Crippen LogP contribution >= 0.6 is 0 Å². The highest BCUT2D eigenvalue weighted by atomic mass is 19.4. The van der Waals surface area contributed by atoms with Crippen LogP contribution < -0.4 is 5.32 Å². The summed E-state index contributed by atoms with van der Waals surface area (Å²) in [4.78, 5) is 49.5. The average molecular weight is 535 g/mol. The molecule has 1 aliphatic rings. The van der Waals surface area contributed by atoms with Crippen molar-refractivity contribution in [3.05, 3.63) is 60.2 Å². The number of carbonyl (C=O) groups is 4. The van der Waals surface area contributed by atoms with Crippen LogP contribution in [0.4, 0.5) is 13.2 Å². The molecule has 0 saturated carbocycles. The molecule has 2 unspecified atom stereocenters. The smallest absolute Gasteiger partial charge is 0.466 e. The first-order valence-electron chi connectivity index (χ1n) is 12.2. The maximum Gasteiger partial charge on any atom is 0.491 e. The second-order valence-electron chi connectivity index (χ2n) is 8.88. The first-order chi connectivity index (χ1) is 18.1. The van der Waals surface area contributed by atoms with E-state index in [0.717, 1.165) is 16.7 Å². The van der Waals surface area contributed by atoms with E-state index >= 15 is 0 Å². The highest BCUT2D eigenvalue weighted by Crippen LogP contribution is 2.22. The quantitative estimate of drug-likeness (QED) is 0.368. The van der Waals surface area contributed by atoms with Crippen molar-refractivity contribution in [3.8, 4) is 11.1 Å². The number of alkyl halides is 3. The first-order valence-corrected chi connectivity index (χ1v) is 12.2. The highest BCUT2D eigenvalue weighted by molar-refractivity contribution is 5.91. The lowest BCUT2D eigenvalue weighted by atomic mass is 9.99. The second kappa shape index (κ2) is 13.2. The zero-order chi connectivity index (χ0) is 27.7. The van der Waals surface area contributed by atoms with Gasteiger partial charge < -0.3 is 14.8 Å². The number of carbonyl (C=O) groups excluding carboxylic acids is 4. The number of nitrogens with one attached hydrogen (secondary N) is 1. The van der Waals surface area contributed by atoms with Gasteiger partial charge in [0.1, 0.15) is 6.04 Å². The summed E-state index contributed by atoms with van der Waals surface area (Å²) in [6, 6.07) is 15.7. The van der Waals surface area contributed by atoms with Crippen molar-refractivity contribution in [3.63, 3.8) is 0 Å². The van der Waals surface area contributed by atoms with Gasteiger partial charge in [-0.25, -0.2) is 9.59 Å². The second-order valence-corrected chi connectivity index (χ2v) is 8.88. The molecule has 1 N–H and O–H groups in total. The summed E-state index contributed by atoms with van der Waals surface area (Å²) in [5, 5.41) is 2.77. The van der Waals surface area contributed by atoms with Crippen molar-refractivity contribution in [2.45, 2.75) is 50.9 Å². The third kappa shape index (κ3) is 8.41. The molecule has 0 aromatic heterocycles. The lowest BCUT2D eigenvalue weighted by Crippen LogP contribution is -2.47. The Balaban J connectivity index is 1.63. The lowest BCUT2D eigenvalue weighted by molar-refractivity contribution is -0.203. The van der Waals surface area contributed by atoms with Crippen LogP contribution in [0.15, 0.2) is 54.6 Å². The van der Waals surface area contributed by atoms with Crippen LogP contribution in [0.5, 0.6) is 0 Å². The molecule has 0 radical (unpaired) electrons. The van der Waals surface area contributed by atoms with Gasteiger partial charge >= 0.3 is 24.1 Å². The first kappa shape index (κ1) is 28.8. The highest BCUT2D eigenvalue weighted by Gasteiger charge is 2.44. The van der Waals surface area contributed by atoms with E-state index in [4.69, 9.17) is 4.74 Å². The number of hydrogen-bond donors (Lipinski definition) is 1. The summed E-state index contributed by atoms with van der Waals surface area (Å²) < 4.78 is 46.3.